The van der Waals surface area contributed by atoms with E-state index in [1.807, 2.05) is 12.1 Å². The molecule has 0 spiro atoms. The summed E-state index contributed by atoms with van der Waals surface area (Å²) in [5, 5.41) is 0.824. The largest absolute Gasteiger partial charge is 0.398 e. The Morgan fingerprint density at radius 2 is 2.05 bits per heavy atom. The second-order valence-corrected chi connectivity index (χ2v) is 5.52. The van der Waals surface area contributed by atoms with E-state index in [9.17, 15) is 4.39 Å². The van der Waals surface area contributed by atoms with Gasteiger partial charge in [-0.1, -0.05) is 6.92 Å². The molecule has 0 unspecified atom stereocenters. The van der Waals surface area contributed by atoms with Crippen molar-refractivity contribution in [1.82, 2.24) is 9.88 Å². The normalized spacial score (nSPS) is 16.6. The fourth-order valence-corrected chi connectivity index (χ4v) is 3.03. The summed E-state index contributed by atoms with van der Waals surface area (Å²) in [5.41, 5.74) is 7.62. The monoisotopic (exact) mass is 288 g/mol. The number of piperazine rings is 1. The Morgan fingerprint density at radius 3 is 2.76 bits per heavy atom. The van der Waals surface area contributed by atoms with Crippen LogP contribution in [0.25, 0.3) is 10.9 Å². The number of nitrogen functional groups attached to an aromatic ring is 1. The molecule has 0 aliphatic carbocycles. The molecule has 0 bridgehead atoms. The molecule has 21 heavy (non-hydrogen) atoms. The number of benzene rings is 1. The van der Waals surface area contributed by atoms with Crippen molar-refractivity contribution in [2.75, 3.05) is 43.4 Å². The van der Waals surface area contributed by atoms with E-state index in [1.165, 1.54) is 6.07 Å². The zero-order chi connectivity index (χ0) is 14.8. The van der Waals surface area contributed by atoms with Crippen molar-refractivity contribution in [2.24, 2.45) is 0 Å². The van der Waals surface area contributed by atoms with Crippen LogP contribution in [0.1, 0.15) is 13.3 Å². The Hall–Kier alpha value is -1.88. The third kappa shape index (κ3) is 2.65. The topological polar surface area (TPSA) is 45.4 Å². The number of pyridine rings is 1. The van der Waals surface area contributed by atoms with Crippen molar-refractivity contribution in [1.29, 1.82) is 0 Å². The van der Waals surface area contributed by atoms with E-state index >= 15 is 0 Å². The highest BCUT2D eigenvalue weighted by Crippen LogP contribution is 2.32. The summed E-state index contributed by atoms with van der Waals surface area (Å²) in [7, 11) is 0. The second-order valence-electron chi connectivity index (χ2n) is 5.52. The predicted octanol–water partition coefficient (Wildman–Crippen LogP) is 2.49. The van der Waals surface area contributed by atoms with E-state index in [1.54, 1.807) is 6.20 Å². The first-order valence-corrected chi connectivity index (χ1v) is 7.50. The van der Waals surface area contributed by atoms with Gasteiger partial charge in [0.1, 0.15) is 0 Å². The van der Waals surface area contributed by atoms with E-state index in [2.05, 4.69) is 21.7 Å². The quantitative estimate of drug-likeness (QED) is 0.881. The summed E-state index contributed by atoms with van der Waals surface area (Å²) in [6.45, 7) is 6.87. The lowest BCUT2D eigenvalue weighted by molar-refractivity contribution is 0.258. The SMILES string of the molecule is CCCN1CCN(c2c(F)cc(N)c3cccnc23)CC1. The van der Waals surface area contributed by atoms with Crippen LogP contribution in [0.15, 0.2) is 24.4 Å². The molecule has 3 rings (SSSR count). The maximum Gasteiger partial charge on any atom is 0.150 e. The van der Waals surface area contributed by atoms with Crippen LogP contribution in [0.3, 0.4) is 0 Å². The Bertz CT molecular complexity index is 635. The molecule has 1 aromatic heterocycles. The predicted molar refractivity (Wildman–Crippen MR) is 85.1 cm³/mol. The average Bonchev–Trinajstić information content (AvgIpc) is 2.49. The summed E-state index contributed by atoms with van der Waals surface area (Å²) < 4.78 is 14.4. The van der Waals surface area contributed by atoms with Crippen LogP contribution in [0.2, 0.25) is 0 Å². The standard InChI is InChI=1S/C16H21FN4/c1-2-6-20-7-9-21(10-8-20)16-13(17)11-14(18)12-4-3-5-19-15(12)16/h3-5,11H,2,6-10,18H2,1H3. The van der Waals surface area contributed by atoms with Gasteiger partial charge in [-0.05, 0) is 31.2 Å². The molecule has 1 fully saturated rings. The summed E-state index contributed by atoms with van der Waals surface area (Å²) in [4.78, 5) is 8.87. The number of nitrogens with zero attached hydrogens (tertiary/aromatic N) is 3. The number of hydrogen-bond donors (Lipinski definition) is 1. The van der Waals surface area contributed by atoms with Gasteiger partial charge in [0.25, 0.3) is 0 Å². The van der Waals surface area contributed by atoms with Crippen LogP contribution in [0, 0.1) is 5.82 Å². The minimum Gasteiger partial charge on any atom is -0.398 e. The Morgan fingerprint density at radius 1 is 1.29 bits per heavy atom. The molecule has 1 aromatic carbocycles. The van der Waals surface area contributed by atoms with E-state index in [4.69, 9.17) is 5.73 Å². The van der Waals surface area contributed by atoms with Crippen LogP contribution in [-0.2, 0) is 0 Å². The lowest BCUT2D eigenvalue weighted by Crippen LogP contribution is -2.47. The van der Waals surface area contributed by atoms with Crippen LogP contribution in [-0.4, -0.2) is 42.6 Å². The Labute approximate surface area is 124 Å². The molecule has 2 N–H and O–H groups in total. The van der Waals surface area contributed by atoms with Gasteiger partial charge in [-0.3, -0.25) is 9.88 Å². The van der Waals surface area contributed by atoms with Gasteiger partial charge in [-0.25, -0.2) is 4.39 Å². The summed E-state index contributed by atoms with van der Waals surface area (Å²) >= 11 is 0. The summed E-state index contributed by atoms with van der Waals surface area (Å²) in [6.07, 6.45) is 2.85. The van der Waals surface area contributed by atoms with Gasteiger partial charge < -0.3 is 10.6 Å². The molecule has 0 saturated carbocycles. The molecule has 2 heterocycles. The highest BCUT2D eigenvalue weighted by atomic mass is 19.1. The van der Waals surface area contributed by atoms with Gasteiger partial charge >= 0.3 is 0 Å². The Kier molecular flexibility index (Phi) is 3.92. The molecule has 4 nitrogen and oxygen atoms in total. The molecule has 112 valence electrons. The third-order valence-electron chi connectivity index (χ3n) is 4.08. The number of hydrogen-bond acceptors (Lipinski definition) is 4. The molecule has 2 aromatic rings. The zero-order valence-electron chi connectivity index (χ0n) is 12.3. The number of fused-ring (bicyclic) bond motifs is 1. The van der Waals surface area contributed by atoms with Crippen molar-refractivity contribution < 1.29 is 4.39 Å². The first-order valence-electron chi connectivity index (χ1n) is 7.50. The number of halogens is 1. The molecule has 1 aliphatic rings. The first-order chi connectivity index (χ1) is 10.2. The van der Waals surface area contributed by atoms with Crippen molar-refractivity contribution >= 4 is 22.3 Å². The lowest BCUT2D eigenvalue weighted by Gasteiger charge is -2.36. The molecule has 0 amide bonds. The highest BCUT2D eigenvalue weighted by molar-refractivity contribution is 5.98. The second kappa shape index (κ2) is 5.85. The Balaban J connectivity index is 1.94. The van der Waals surface area contributed by atoms with Crippen LogP contribution < -0.4 is 10.6 Å². The van der Waals surface area contributed by atoms with Crippen molar-refractivity contribution in [3.05, 3.63) is 30.2 Å². The van der Waals surface area contributed by atoms with Gasteiger partial charge in [0, 0.05) is 43.4 Å². The molecule has 0 radical (unpaired) electrons. The molecular formula is C16H21FN4. The number of anilines is 2. The highest BCUT2D eigenvalue weighted by Gasteiger charge is 2.22. The van der Waals surface area contributed by atoms with Crippen LogP contribution in [0.4, 0.5) is 15.8 Å². The molecule has 1 saturated heterocycles. The lowest BCUT2D eigenvalue weighted by atomic mass is 10.1. The summed E-state index contributed by atoms with van der Waals surface area (Å²) in [6, 6.07) is 5.14. The zero-order valence-corrected chi connectivity index (χ0v) is 12.3. The van der Waals surface area contributed by atoms with Crippen molar-refractivity contribution in [3.8, 4) is 0 Å². The maximum atomic E-state index is 14.4. The van der Waals surface area contributed by atoms with Gasteiger partial charge in [0.2, 0.25) is 0 Å². The van der Waals surface area contributed by atoms with Crippen molar-refractivity contribution in [3.63, 3.8) is 0 Å². The van der Waals surface area contributed by atoms with Crippen LogP contribution >= 0.6 is 0 Å². The van der Waals surface area contributed by atoms with Gasteiger partial charge in [-0.2, -0.15) is 0 Å². The first kappa shape index (κ1) is 14.1. The molecular weight excluding hydrogens is 267 g/mol. The minimum absolute atomic E-state index is 0.275. The average molecular weight is 288 g/mol. The van der Waals surface area contributed by atoms with E-state index < -0.39 is 0 Å². The van der Waals surface area contributed by atoms with E-state index in [0.717, 1.165) is 44.5 Å². The summed E-state index contributed by atoms with van der Waals surface area (Å²) in [5.74, 6) is -0.275. The van der Waals surface area contributed by atoms with Crippen LogP contribution in [0.5, 0.6) is 0 Å². The fourth-order valence-electron chi connectivity index (χ4n) is 3.03. The minimum atomic E-state index is -0.275. The van der Waals surface area contributed by atoms with E-state index in [-0.39, 0.29) is 5.82 Å². The van der Waals surface area contributed by atoms with Gasteiger partial charge in [-0.15, -0.1) is 0 Å². The number of aromatic nitrogens is 1. The van der Waals surface area contributed by atoms with E-state index in [0.29, 0.717) is 16.9 Å². The van der Waals surface area contributed by atoms with Gasteiger partial charge in [0.05, 0.1) is 11.2 Å². The molecule has 0 atom stereocenters. The fraction of sp³-hybridized carbons (Fsp3) is 0.438. The number of rotatable bonds is 3. The molecule has 1 aliphatic heterocycles. The van der Waals surface area contributed by atoms with Gasteiger partial charge in [0.15, 0.2) is 5.82 Å². The van der Waals surface area contributed by atoms with Crippen molar-refractivity contribution in [2.45, 2.75) is 13.3 Å². The number of nitrogens with two attached hydrogens (primary N) is 1. The third-order valence-corrected chi connectivity index (χ3v) is 4.08. The maximum absolute atomic E-state index is 14.4. The molecule has 5 heteroatoms. The smallest absolute Gasteiger partial charge is 0.150 e.